The van der Waals surface area contributed by atoms with Crippen molar-refractivity contribution >= 4 is 15.2 Å². The van der Waals surface area contributed by atoms with Gasteiger partial charge in [0.15, 0.2) is 0 Å². The average Bonchev–Trinajstić information content (AvgIpc) is 2.50. The van der Waals surface area contributed by atoms with E-state index < -0.39 is 43.3 Å². The minimum atomic E-state index is -4.57. The molecule has 0 heterocycles. The highest BCUT2D eigenvalue weighted by atomic mass is 31.2. The fourth-order valence-corrected chi connectivity index (χ4v) is 11.0. The standard InChI is InChI=1S/C18H38O6P2/c1-8-14-15(25(19,20)21)13(7)16(26(22,23)24)17(9-2,10-3)18(14,11-4)12(5)6/h12-16H,8-11H2,1-7H3,(H2,19,20,21)(H2,22,23,24). The predicted octanol–water partition coefficient (Wildman–Crippen LogP) is 4.61. The summed E-state index contributed by atoms with van der Waals surface area (Å²) in [6.45, 7) is 13.6. The van der Waals surface area contributed by atoms with E-state index in [0.717, 1.165) is 0 Å². The fourth-order valence-electron chi connectivity index (χ4n) is 7.13. The van der Waals surface area contributed by atoms with Crippen molar-refractivity contribution in [1.29, 1.82) is 0 Å². The molecule has 0 saturated heterocycles. The molecule has 0 aromatic carbocycles. The topological polar surface area (TPSA) is 115 Å². The summed E-state index contributed by atoms with van der Waals surface area (Å²) in [6, 6.07) is 0. The van der Waals surface area contributed by atoms with Gasteiger partial charge in [-0.15, -0.1) is 0 Å². The fraction of sp³-hybridized carbons (Fsp3) is 1.00. The summed E-state index contributed by atoms with van der Waals surface area (Å²) in [5, 5.41) is 0. The molecule has 0 bridgehead atoms. The highest BCUT2D eigenvalue weighted by Gasteiger charge is 2.70. The first-order valence-corrected chi connectivity index (χ1v) is 13.2. The Bertz CT molecular complexity index is 576. The molecule has 0 aromatic heterocycles. The molecule has 5 atom stereocenters. The molecule has 0 amide bonds. The van der Waals surface area contributed by atoms with Crippen LogP contribution in [-0.4, -0.2) is 30.9 Å². The van der Waals surface area contributed by atoms with Gasteiger partial charge < -0.3 is 19.6 Å². The zero-order valence-electron chi connectivity index (χ0n) is 17.2. The smallest absolute Gasteiger partial charge is 0.324 e. The van der Waals surface area contributed by atoms with Crippen molar-refractivity contribution in [3.05, 3.63) is 0 Å². The lowest BCUT2D eigenvalue weighted by atomic mass is 9.42. The summed E-state index contributed by atoms with van der Waals surface area (Å²) in [5.74, 6) is -0.987. The molecule has 1 fully saturated rings. The van der Waals surface area contributed by atoms with Gasteiger partial charge in [0.2, 0.25) is 0 Å². The van der Waals surface area contributed by atoms with Gasteiger partial charge in [-0.1, -0.05) is 54.9 Å². The van der Waals surface area contributed by atoms with E-state index in [0.29, 0.717) is 25.7 Å². The maximum Gasteiger partial charge on any atom is 0.329 e. The van der Waals surface area contributed by atoms with Crippen LogP contribution < -0.4 is 0 Å². The second-order valence-corrected chi connectivity index (χ2v) is 11.9. The van der Waals surface area contributed by atoms with Crippen LogP contribution in [0.15, 0.2) is 0 Å². The van der Waals surface area contributed by atoms with Crippen molar-refractivity contribution in [3.63, 3.8) is 0 Å². The van der Waals surface area contributed by atoms with Crippen LogP contribution in [0.2, 0.25) is 0 Å². The van der Waals surface area contributed by atoms with Crippen molar-refractivity contribution in [1.82, 2.24) is 0 Å². The van der Waals surface area contributed by atoms with E-state index in [9.17, 15) is 28.7 Å². The number of rotatable bonds is 7. The molecule has 1 aliphatic carbocycles. The molecule has 1 rings (SSSR count). The zero-order chi connectivity index (χ0) is 20.7. The summed E-state index contributed by atoms with van der Waals surface area (Å²) in [4.78, 5) is 41.0. The van der Waals surface area contributed by atoms with Gasteiger partial charge >= 0.3 is 15.2 Å². The van der Waals surface area contributed by atoms with Gasteiger partial charge in [0.05, 0.1) is 11.3 Å². The summed E-state index contributed by atoms with van der Waals surface area (Å²) in [6.07, 6.45) is 2.40. The van der Waals surface area contributed by atoms with Crippen molar-refractivity contribution in [2.75, 3.05) is 0 Å². The molecule has 26 heavy (non-hydrogen) atoms. The second-order valence-electron chi connectivity index (χ2n) is 8.40. The van der Waals surface area contributed by atoms with Gasteiger partial charge in [0, 0.05) is 0 Å². The summed E-state index contributed by atoms with van der Waals surface area (Å²) in [5.41, 5.74) is -3.29. The SMILES string of the molecule is CCC1C(P(=O)(O)O)C(C)C(P(=O)(O)O)C(CC)(CC)C1(CC)C(C)C. The average molecular weight is 412 g/mol. The molecule has 156 valence electrons. The van der Waals surface area contributed by atoms with E-state index in [-0.39, 0.29) is 11.8 Å². The molecule has 6 nitrogen and oxygen atoms in total. The van der Waals surface area contributed by atoms with Crippen LogP contribution in [0.3, 0.4) is 0 Å². The van der Waals surface area contributed by atoms with Crippen LogP contribution in [0, 0.1) is 28.6 Å². The molecule has 5 unspecified atom stereocenters. The lowest BCUT2D eigenvalue weighted by molar-refractivity contribution is -0.127. The van der Waals surface area contributed by atoms with E-state index in [1.807, 2.05) is 41.5 Å². The minimum absolute atomic E-state index is 0.0490. The van der Waals surface area contributed by atoms with E-state index in [1.165, 1.54) is 0 Å². The van der Waals surface area contributed by atoms with Gasteiger partial charge in [0.25, 0.3) is 0 Å². The van der Waals surface area contributed by atoms with Crippen LogP contribution in [0.25, 0.3) is 0 Å². The number of hydrogen-bond donors (Lipinski definition) is 4. The Hall–Kier alpha value is 0.300. The highest BCUT2D eigenvalue weighted by Crippen LogP contribution is 2.75. The van der Waals surface area contributed by atoms with E-state index >= 15 is 0 Å². The van der Waals surface area contributed by atoms with Gasteiger partial charge in [-0.05, 0) is 47.8 Å². The predicted molar refractivity (Wildman–Crippen MR) is 105 cm³/mol. The molecule has 0 spiro atoms. The maximum atomic E-state index is 12.7. The quantitative estimate of drug-likeness (QED) is 0.454. The molecule has 0 radical (unpaired) electrons. The highest BCUT2D eigenvalue weighted by molar-refractivity contribution is 7.53. The van der Waals surface area contributed by atoms with Crippen molar-refractivity contribution in [2.24, 2.45) is 28.6 Å². The summed E-state index contributed by atoms with van der Waals surface area (Å²) in [7, 11) is -9.10. The molecule has 1 aliphatic rings. The van der Waals surface area contributed by atoms with Gasteiger partial charge in [0.1, 0.15) is 0 Å². The zero-order valence-corrected chi connectivity index (χ0v) is 19.0. The third-order valence-electron chi connectivity index (χ3n) is 7.67. The summed E-state index contributed by atoms with van der Waals surface area (Å²) >= 11 is 0. The Morgan fingerprint density at radius 1 is 0.885 bits per heavy atom. The van der Waals surface area contributed by atoms with Crippen LogP contribution in [-0.2, 0) is 9.13 Å². The molecule has 4 N–H and O–H groups in total. The molecule has 1 saturated carbocycles. The largest absolute Gasteiger partial charge is 0.329 e. The van der Waals surface area contributed by atoms with Crippen LogP contribution >= 0.6 is 15.2 Å². The van der Waals surface area contributed by atoms with Crippen LogP contribution in [0.4, 0.5) is 0 Å². The second kappa shape index (κ2) is 7.97. The maximum absolute atomic E-state index is 12.7. The van der Waals surface area contributed by atoms with E-state index in [4.69, 9.17) is 0 Å². The minimum Gasteiger partial charge on any atom is -0.324 e. The Labute approximate surface area is 158 Å². The Morgan fingerprint density at radius 2 is 1.35 bits per heavy atom. The normalized spacial score (nSPS) is 35.7. The molecule has 8 heteroatoms. The molecular formula is C18H38O6P2. The van der Waals surface area contributed by atoms with Crippen LogP contribution in [0.1, 0.15) is 74.1 Å². The first-order chi connectivity index (χ1) is 11.7. The Balaban J connectivity index is 4.02. The van der Waals surface area contributed by atoms with E-state index in [2.05, 4.69) is 0 Å². The van der Waals surface area contributed by atoms with Crippen molar-refractivity contribution < 1.29 is 28.7 Å². The van der Waals surface area contributed by atoms with Crippen molar-refractivity contribution in [2.45, 2.75) is 85.5 Å². The van der Waals surface area contributed by atoms with Crippen LogP contribution in [0.5, 0.6) is 0 Å². The Morgan fingerprint density at radius 3 is 1.58 bits per heavy atom. The third kappa shape index (κ3) is 3.40. The Kier molecular flexibility index (Phi) is 7.46. The third-order valence-corrected chi connectivity index (χ3v) is 11.0. The van der Waals surface area contributed by atoms with Gasteiger partial charge in [-0.2, -0.15) is 0 Å². The molecule has 0 aliphatic heterocycles. The lowest BCUT2D eigenvalue weighted by Gasteiger charge is -2.67. The summed E-state index contributed by atoms with van der Waals surface area (Å²) < 4.78 is 25.2. The first kappa shape index (κ1) is 24.3. The van der Waals surface area contributed by atoms with Gasteiger partial charge in [-0.25, -0.2) is 0 Å². The van der Waals surface area contributed by atoms with Crippen molar-refractivity contribution in [3.8, 4) is 0 Å². The molecule has 0 aromatic rings. The lowest BCUT2D eigenvalue weighted by Crippen LogP contribution is -2.65. The first-order valence-electron chi connectivity index (χ1n) is 9.83. The monoisotopic (exact) mass is 412 g/mol. The number of hydrogen-bond acceptors (Lipinski definition) is 2. The van der Waals surface area contributed by atoms with Gasteiger partial charge in [-0.3, -0.25) is 9.13 Å². The van der Waals surface area contributed by atoms with E-state index in [1.54, 1.807) is 6.92 Å². The molecular weight excluding hydrogens is 374 g/mol.